The Bertz CT molecular complexity index is 915. The fraction of sp³-hybridized carbons (Fsp3) is 1.00. The van der Waals surface area contributed by atoms with Gasteiger partial charge in [0, 0.05) is 26.2 Å². The van der Waals surface area contributed by atoms with E-state index < -0.39 is 43.9 Å². The molecular weight excluding hydrogens is 789 g/mol. The summed E-state index contributed by atoms with van der Waals surface area (Å²) < 4.78 is 62.7. The van der Waals surface area contributed by atoms with Crippen molar-refractivity contribution in [3.8, 4) is 0 Å². The first-order chi connectivity index (χ1) is 26.9. The van der Waals surface area contributed by atoms with Crippen molar-refractivity contribution in [3.63, 3.8) is 0 Å². The fourth-order valence-corrected chi connectivity index (χ4v) is 7.78. The van der Waals surface area contributed by atoms with Crippen LogP contribution in [0.25, 0.3) is 0 Å². The van der Waals surface area contributed by atoms with Crippen LogP contribution in [-0.2, 0) is 20.2 Å². The van der Waals surface area contributed by atoms with Crippen LogP contribution in [0.2, 0.25) is 0 Å². The van der Waals surface area contributed by atoms with E-state index in [-0.39, 0.29) is 50.8 Å². The Kier molecular flexibility index (Phi) is 52.3. The smallest absolute Gasteiger partial charge is 0.748 e. The quantitative estimate of drug-likeness (QED) is 0.0262. The zero-order valence-corrected chi connectivity index (χ0v) is 41.1. The van der Waals surface area contributed by atoms with Crippen LogP contribution in [0.5, 0.6) is 0 Å². The van der Waals surface area contributed by atoms with Crippen LogP contribution < -0.4 is 10.6 Å². The van der Waals surface area contributed by atoms with E-state index in [1.807, 2.05) is 0 Å². The van der Waals surface area contributed by atoms with Gasteiger partial charge >= 0.3 is 37.7 Å². The third-order valence-corrected chi connectivity index (χ3v) is 12.0. The molecule has 0 fully saturated rings. The molecule has 0 aliphatic carbocycles. The van der Waals surface area contributed by atoms with Gasteiger partial charge < -0.3 is 30.0 Å². The molecule has 0 amide bonds. The SMILES string of the molecule is CCCCCCCCCCCCCCCCCCC(O)CNCCS(=O)(=O)[O-].CCCCCCCCCCCCCCCCCCC(O)CNCCS(=O)(=O)[O-].[Ca+2]. The number of nitrogens with one attached hydrogen (secondary N) is 2. The third-order valence-electron chi connectivity index (χ3n) is 10.6. The molecule has 2 atom stereocenters. The first-order valence-corrected chi connectivity index (χ1v) is 26.7. The van der Waals surface area contributed by atoms with Crippen molar-refractivity contribution in [1.82, 2.24) is 10.6 Å². The van der Waals surface area contributed by atoms with Crippen molar-refractivity contribution in [3.05, 3.63) is 0 Å². The van der Waals surface area contributed by atoms with Crippen molar-refractivity contribution >= 4 is 58.0 Å². The maximum atomic E-state index is 10.5. The molecule has 0 aromatic carbocycles. The normalized spacial score (nSPS) is 12.9. The van der Waals surface area contributed by atoms with Gasteiger partial charge in [0.05, 0.1) is 43.9 Å². The van der Waals surface area contributed by atoms with E-state index >= 15 is 0 Å². The maximum absolute atomic E-state index is 10.5. The molecule has 0 heterocycles. The number of aliphatic hydroxyl groups is 2. The van der Waals surface area contributed by atoms with Gasteiger partial charge in [0.2, 0.25) is 0 Å². The Morgan fingerprint density at radius 1 is 0.386 bits per heavy atom. The zero-order valence-electron chi connectivity index (χ0n) is 37.3. The Hall–Kier alpha value is 0.920. The Balaban J connectivity index is -0.00000101. The van der Waals surface area contributed by atoms with Crippen molar-refractivity contribution < 1.29 is 36.2 Å². The number of hydrogen-bond donors (Lipinski definition) is 4. The number of unbranched alkanes of at least 4 members (excludes halogenated alkanes) is 30. The van der Waals surface area contributed by atoms with Crippen molar-refractivity contribution in [2.75, 3.05) is 37.7 Å². The van der Waals surface area contributed by atoms with E-state index in [9.17, 15) is 36.2 Å². The molecule has 0 spiro atoms. The Labute approximate surface area is 383 Å². The maximum Gasteiger partial charge on any atom is 2.00 e. The molecule has 0 aliphatic rings. The van der Waals surface area contributed by atoms with Gasteiger partial charge in [-0.2, -0.15) is 0 Å². The van der Waals surface area contributed by atoms with Crippen LogP contribution in [0.4, 0.5) is 0 Å². The van der Waals surface area contributed by atoms with Crippen molar-refractivity contribution in [2.24, 2.45) is 0 Å². The third kappa shape index (κ3) is 61.3. The summed E-state index contributed by atoms with van der Waals surface area (Å²) >= 11 is 0. The topological polar surface area (TPSA) is 179 Å². The van der Waals surface area contributed by atoms with Gasteiger partial charge in [-0.3, -0.25) is 0 Å². The molecule has 0 bridgehead atoms. The van der Waals surface area contributed by atoms with Gasteiger partial charge in [0.25, 0.3) is 0 Å². The largest absolute Gasteiger partial charge is 2.00 e. The molecule has 4 N–H and O–H groups in total. The average Bonchev–Trinajstić information content (AvgIpc) is 3.14. The van der Waals surface area contributed by atoms with Crippen LogP contribution in [-0.4, -0.2) is 124 Å². The first kappa shape index (κ1) is 62.2. The molecule has 57 heavy (non-hydrogen) atoms. The Morgan fingerprint density at radius 2 is 0.579 bits per heavy atom. The summed E-state index contributed by atoms with van der Waals surface area (Å²) in [6.45, 7) is 5.47. The van der Waals surface area contributed by atoms with Gasteiger partial charge in [-0.25, -0.2) is 16.8 Å². The summed E-state index contributed by atoms with van der Waals surface area (Å²) in [5.74, 6) is -0.836. The molecule has 13 heteroatoms. The summed E-state index contributed by atoms with van der Waals surface area (Å²) in [5, 5.41) is 25.2. The molecule has 0 saturated heterocycles. The molecule has 0 aromatic heterocycles. The van der Waals surface area contributed by atoms with Crippen LogP contribution >= 0.6 is 0 Å². The van der Waals surface area contributed by atoms with E-state index in [1.54, 1.807) is 0 Å². The molecule has 340 valence electrons. The second-order valence-electron chi connectivity index (χ2n) is 16.4. The van der Waals surface area contributed by atoms with Crippen LogP contribution in [0, 0.1) is 0 Å². The van der Waals surface area contributed by atoms with E-state index in [1.165, 1.54) is 180 Å². The van der Waals surface area contributed by atoms with Crippen molar-refractivity contribution in [1.29, 1.82) is 0 Å². The van der Waals surface area contributed by atoms with Gasteiger partial charge in [-0.05, 0) is 12.8 Å². The first-order valence-electron chi connectivity index (χ1n) is 23.6. The molecule has 0 aliphatic heterocycles. The number of rotatable bonds is 44. The molecular formula is C44H92CaN2O8S2. The van der Waals surface area contributed by atoms with Crippen LogP contribution in [0.1, 0.15) is 232 Å². The molecule has 0 saturated carbocycles. The van der Waals surface area contributed by atoms with Crippen LogP contribution in [0.15, 0.2) is 0 Å². The predicted octanol–water partition coefficient (Wildman–Crippen LogP) is 9.89. The summed E-state index contributed by atoms with van der Waals surface area (Å²) in [6.07, 6.45) is 43.2. The van der Waals surface area contributed by atoms with E-state index in [0.717, 1.165) is 38.5 Å². The summed E-state index contributed by atoms with van der Waals surface area (Å²) in [6, 6.07) is 0. The van der Waals surface area contributed by atoms with Gasteiger partial charge in [0.1, 0.15) is 0 Å². The second-order valence-corrected chi connectivity index (χ2v) is 19.5. The minimum absolute atomic E-state index is 0. The average molecular weight is 881 g/mol. The number of hydrogen-bond acceptors (Lipinski definition) is 10. The standard InChI is InChI=1S/2C22H47NO4S.Ca/c2*1-2-3-4-5-6-7-8-9-10-11-12-13-14-15-16-17-18-22(24)21-23-19-20-28(25,26)27;/h2*22-24H,2-21H2,1H3,(H,25,26,27);/q;;+2/p-2. The van der Waals surface area contributed by atoms with E-state index in [2.05, 4.69) is 24.5 Å². The minimum atomic E-state index is -4.16. The van der Waals surface area contributed by atoms with Crippen LogP contribution in [0.3, 0.4) is 0 Å². The van der Waals surface area contributed by atoms with Gasteiger partial charge in [-0.1, -0.05) is 219 Å². The second kappa shape index (κ2) is 48.0. The summed E-state index contributed by atoms with van der Waals surface area (Å²) in [5.41, 5.74) is 0. The molecule has 0 rings (SSSR count). The molecule has 0 radical (unpaired) electrons. The molecule has 10 nitrogen and oxygen atoms in total. The zero-order chi connectivity index (χ0) is 41.9. The predicted molar refractivity (Wildman–Crippen MR) is 241 cm³/mol. The summed E-state index contributed by atoms with van der Waals surface area (Å²) in [4.78, 5) is 0. The van der Waals surface area contributed by atoms with Gasteiger partial charge in [0.15, 0.2) is 0 Å². The monoisotopic (exact) mass is 881 g/mol. The van der Waals surface area contributed by atoms with Crippen molar-refractivity contribution in [2.45, 2.75) is 244 Å². The van der Waals surface area contributed by atoms with E-state index in [0.29, 0.717) is 13.1 Å². The van der Waals surface area contributed by atoms with Gasteiger partial charge in [-0.15, -0.1) is 0 Å². The molecule has 0 aromatic rings. The fourth-order valence-electron chi connectivity index (χ4n) is 6.99. The van der Waals surface area contributed by atoms with E-state index in [4.69, 9.17) is 0 Å². The Morgan fingerprint density at radius 3 is 0.772 bits per heavy atom. The molecule has 2 unspecified atom stereocenters. The summed E-state index contributed by atoms with van der Waals surface area (Å²) in [7, 11) is -8.32. The number of aliphatic hydroxyl groups excluding tert-OH is 2. The minimum Gasteiger partial charge on any atom is -0.748 e.